The molecule has 2 aromatic rings. The molecule has 1 atom stereocenters. The molecule has 1 N–H and O–H groups in total. The summed E-state index contributed by atoms with van der Waals surface area (Å²) < 4.78 is 7.65. The second-order valence-corrected chi connectivity index (χ2v) is 5.84. The van der Waals surface area contributed by atoms with E-state index >= 15 is 0 Å². The summed E-state index contributed by atoms with van der Waals surface area (Å²) in [5.41, 5.74) is 2.30. The number of carbonyl (C=O) groups is 1. The van der Waals surface area contributed by atoms with E-state index in [2.05, 4.69) is 11.5 Å². The van der Waals surface area contributed by atoms with Gasteiger partial charge in [-0.3, -0.25) is 0 Å². The van der Waals surface area contributed by atoms with E-state index in [1.807, 2.05) is 31.2 Å². The van der Waals surface area contributed by atoms with Gasteiger partial charge in [-0.2, -0.15) is 0 Å². The van der Waals surface area contributed by atoms with Gasteiger partial charge in [0.1, 0.15) is 0 Å². The third kappa shape index (κ3) is 2.33. The fourth-order valence-corrected chi connectivity index (χ4v) is 3.59. The van der Waals surface area contributed by atoms with E-state index in [9.17, 15) is 9.90 Å². The van der Waals surface area contributed by atoms with Gasteiger partial charge in [0, 0.05) is 35.9 Å². The van der Waals surface area contributed by atoms with Crippen molar-refractivity contribution in [1.29, 1.82) is 0 Å². The van der Waals surface area contributed by atoms with Crippen LogP contribution in [0.3, 0.4) is 0 Å². The average Bonchev–Trinajstić information content (AvgIpc) is 2.79. The molecule has 0 amide bonds. The summed E-state index contributed by atoms with van der Waals surface area (Å²) in [6.45, 7) is 5.72. The van der Waals surface area contributed by atoms with Crippen molar-refractivity contribution in [3.63, 3.8) is 0 Å². The van der Waals surface area contributed by atoms with E-state index < -0.39 is 5.97 Å². The lowest BCUT2D eigenvalue weighted by Crippen LogP contribution is -2.24. The summed E-state index contributed by atoms with van der Waals surface area (Å²) in [5, 5.41) is 10.4. The standard InChI is InChI=1S/C17H21NO3/c1-11(13-7-9-21-10-8-13)18-12(2)16(17(19)20)14-5-3-4-6-15(14)18/h3-6,11,13H,7-10H2,1-2H3,(H,19,20)/t11-/m1/s1. The molecule has 1 aromatic heterocycles. The van der Waals surface area contributed by atoms with Crippen molar-refractivity contribution in [2.24, 2.45) is 5.92 Å². The number of ether oxygens (including phenoxy) is 1. The van der Waals surface area contributed by atoms with Gasteiger partial charge >= 0.3 is 5.97 Å². The van der Waals surface area contributed by atoms with Crippen molar-refractivity contribution in [1.82, 2.24) is 4.57 Å². The molecule has 1 fully saturated rings. The van der Waals surface area contributed by atoms with E-state index in [-0.39, 0.29) is 6.04 Å². The van der Waals surface area contributed by atoms with Crippen LogP contribution in [-0.2, 0) is 4.74 Å². The maximum absolute atomic E-state index is 11.6. The van der Waals surface area contributed by atoms with Gasteiger partial charge in [0.05, 0.1) is 5.56 Å². The van der Waals surface area contributed by atoms with Crippen molar-refractivity contribution < 1.29 is 14.6 Å². The minimum absolute atomic E-state index is 0.284. The monoisotopic (exact) mass is 287 g/mol. The number of nitrogens with zero attached hydrogens (tertiary/aromatic N) is 1. The first-order valence-corrected chi connectivity index (χ1v) is 7.52. The van der Waals surface area contributed by atoms with Crippen LogP contribution >= 0.6 is 0 Å². The predicted octanol–water partition coefficient (Wildman–Crippen LogP) is 3.64. The van der Waals surface area contributed by atoms with Gasteiger partial charge < -0.3 is 14.4 Å². The Morgan fingerprint density at radius 2 is 2.00 bits per heavy atom. The molecule has 21 heavy (non-hydrogen) atoms. The summed E-state index contributed by atoms with van der Waals surface area (Å²) in [6.07, 6.45) is 2.07. The van der Waals surface area contributed by atoms with Crippen molar-refractivity contribution in [2.75, 3.05) is 13.2 Å². The van der Waals surface area contributed by atoms with Crippen molar-refractivity contribution in [2.45, 2.75) is 32.7 Å². The average molecular weight is 287 g/mol. The number of hydrogen-bond acceptors (Lipinski definition) is 2. The lowest BCUT2D eigenvalue weighted by atomic mass is 9.92. The summed E-state index contributed by atoms with van der Waals surface area (Å²) in [6, 6.07) is 8.08. The molecule has 1 aliphatic heterocycles. The van der Waals surface area contributed by atoms with Crippen LogP contribution in [0.5, 0.6) is 0 Å². The number of carboxylic acids is 1. The number of fused-ring (bicyclic) bond motifs is 1. The van der Waals surface area contributed by atoms with Crippen molar-refractivity contribution in [3.05, 3.63) is 35.5 Å². The van der Waals surface area contributed by atoms with E-state index in [0.29, 0.717) is 11.5 Å². The number of carboxylic acid groups (broad SMARTS) is 1. The molecular formula is C17H21NO3. The lowest BCUT2D eigenvalue weighted by Gasteiger charge is -2.30. The Labute approximate surface area is 124 Å². The van der Waals surface area contributed by atoms with Gasteiger partial charge in [0.25, 0.3) is 0 Å². The highest BCUT2D eigenvalue weighted by atomic mass is 16.5. The molecule has 0 saturated carbocycles. The number of rotatable bonds is 3. The fraction of sp³-hybridized carbons (Fsp3) is 0.471. The molecule has 0 radical (unpaired) electrons. The van der Waals surface area contributed by atoms with E-state index in [1.165, 1.54) is 0 Å². The maximum Gasteiger partial charge on any atom is 0.338 e. The van der Waals surface area contributed by atoms with Crippen LogP contribution in [0.4, 0.5) is 0 Å². The first kappa shape index (κ1) is 14.1. The Hall–Kier alpha value is -1.81. The van der Waals surface area contributed by atoms with Crippen molar-refractivity contribution >= 4 is 16.9 Å². The van der Waals surface area contributed by atoms with Gasteiger partial charge in [0.15, 0.2) is 0 Å². The molecule has 112 valence electrons. The molecular weight excluding hydrogens is 266 g/mol. The first-order chi connectivity index (χ1) is 10.1. The van der Waals surface area contributed by atoms with Crippen LogP contribution in [0, 0.1) is 12.8 Å². The van der Waals surface area contributed by atoms with Gasteiger partial charge in [-0.15, -0.1) is 0 Å². The molecule has 0 aliphatic carbocycles. The summed E-state index contributed by atoms with van der Waals surface area (Å²) in [7, 11) is 0. The summed E-state index contributed by atoms with van der Waals surface area (Å²) >= 11 is 0. The highest BCUT2D eigenvalue weighted by molar-refractivity contribution is 6.05. The number of benzene rings is 1. The van der Waals surface area contributed by atoms with Crippen molar-refractivity contribution in [3.8, 4) is 0 Å². The zero-order valence-electron chi connectivity index (χ0n) is 12.5. The molecule has 1 saturated heterocycles. The van der Waals surface area contributed by atoms with Crippen LogP contribution in [0.1, 0.15) is 41.9 Å². The molecule has 1 aromatic carbocycles. The van der Waals surface area contributed by atoms with Crippen LogP contribution < -0.4 is 0 Å². The van der Waals surface area contributed by atoms with E-state index in [1.54, 1.807) is 0 Å². The molecule has 0 spiro atoms. The summed E-state index contributed by atoms with van der Waals surface area (Å²) in [4.78, 5) is 11.6. The molecule has 0 unspecified atom stereocenters. The third-order valence-electron chi connectivity index (χ3n) is 4.73. The van der Waals surface area contributed by atoms with Gasteiger partial charge in [-0.25, -0.2) is 4.79 Å². The highest BCUT2D eigenvalue weighted by Crippen LogP contribution is 2.35. The van der Waals surface area contributed by atoms with Crippen LogP contribution in [-0.4, -0.2) is 28.9 Å². The van der Waals surface area contributed by atoms with Crippen LogP contribution in [0.25, 0.3) is 10.9 Å². The smallest absolute Gasteiger partial charge is 0.338 e. The largest absolute Gasteiger partial charge is 0.478 e. The Morgan fingerprint density at radius 3 is 2.67 bits per heavy atom. The molecule has 1 aliphatic rings. The molecule has 4 heteroatoms. The second kappa shape index (κ2) is 5.53. The Morgan fingerprint density at radius 1 is 1.33 bits per heavy atom. The third-order valence-corrected chi connectivity index (χ3v) is 4.73. The van der Waals surface area contributed by atoms with Gasteiger partial charge in [-0.05, 0) is 38.7 Å². The zero-order chi connectivity index (χ0) is 15.0. The number of aromatic carboxylic acids is 1. The minimum Gasteiger partial charge on any atom is -0.478 e. The Bertz CT molecular complexity index is 668. The van der Waals surface area contributed by atoms with E-state index in [0.717, 1.165) is 42.7 Å². The fourth-order valence-electron chi connectivity index (χ4n) is 3.59. The maximum atomic E-state index is 11.6. The first-order valence-electron chi connectivity index (χ1n) is 7.52. The highest BCUT2D eigenvalue weighted by Gasteiger charge is 2.27. The number of hydrogen-bond donors (Lipinski definition) is 1. The Kier molecular flexibility index (Phi) is 3.72. The SMILES string of the molecule is Cc1c(C(=O)O)c2ccccc2n1[C@H](C)C1CCOCC1. The minimum atomic E-state index is -0.846. The number of aromatic nitrogens is 1. The quantitative estimate of drug-likeness (QED) is 0.937. The molecule has 4 nitrogen and oxygen atoms in total. The normalized spacial score (nSPS) is 18.0. The van der Waals surface area contributed by atoms with E-state index in [4.69, 9.17) is 4.74 Å². The van der Waals surface area contributed by atoms with Crippen LogP contribution in [0.2, 0.25) is 0 Å². The molecule has 0 bridgehead atoms. The van der Waals surface area contributed by atoms with Gasteiger partial charge in [0.2, 0.25) is 0 Å². The second-order valence-electron chi connectivity index (χ2n) is 5.84. The Balaban J connectivity index is 2.13. The predicted molar refractivity (Wildman–Crippen MR) is 81.9 cm³/mol. The van der Waals surface area contributed by atoms with Crippen LogP contribution in [0.15, 0.2) is 24.3 Å². The van der Waals surface area contributed by atoms with Gasteiger partial charge in [-0.1, -0.05) is 18.2 Å². The topological polar surface area (TPSA) is 51.5 Å². The summed E-state index contributed by atoms with van der Waals surface area (Å²) in [5.74, 6) is -0.309. The number of para-hydroxylation sites is 1. The lowest BCUT2D eigenvalue weighted by molar-refractivity contribution is 0.0516. The zero-order valence-corrected chi connectivity index (χ0v) is 12.5. The molecule has 3 rings (SSSR count). The molecule has 2 heterocycles.